The normalized spacial score (nSPS) is 17.5. The van der Waals surface area contributed by atoms with Crippen LogP contribution in [0.4, 0.5) is 14.9 Å². The molecule has 6 nitrogen and oxygen atoms in total. The summed E-state index contributed by atoms with van der Waals surface area (Å²) >= 11 is 0. The van der Waals surface area contributed by atoms with Gasteiger partial charge in [-0.1, -0.05) is 24.3 Å². The Morgan fingerprint density at radius 1 is 1.23 bits per heavy atom. The van der Waals surface area contributed by atoms with Gasteiger partial charge in [0.2, 0.25) is 5.91 Å². The minimum atomic E-state index is -0.580. The molecule has 1 atom stereocenters. The van der Waals surface area contributed by atoms with E-state index in [9.17, 15) is 14.0 Å². The molecule has 0 radical (unpaired) electrons. The van der Waals surface area contributed by atoms with Crippen molar-refractivity contribution in [2.45, 2.75) is 12.6 Å². The second-order valence-corrected chi connectivity index (χ2v) is 6.18. The number of rotatable bonds is 4. The van der Waals surface area contributed by atoms with Crippen LogP contribution in [0, 0.1) is 5.82 Å². The smallest absolute Gasteiger partial charge is 0.411 e. The Hall–Kier alpha value is -2.93. The van der Waals surface area contributed by atoms with E-state index < -0.39 is 6.09 Å². The van der Waals surface area contributed by atoms with Crippen LogP contribution in [0.1, 0.15) is 17.2 Å². The van der Waals surface area contributed by atoms with Crippen molar-refractivity contribution in [3.05, 3.63) is 65.5 Å². The van der Waals surface area contributed by atoms with Crippen molar-refractivity contribution in [2.24, 2.45) is 0 Å². The van der Waals surface area contributed by atoms with Crippen molar-refractivity contribution >= 4 is 17.7 Å². The standard InChI is InChI=1S/C19H20FN3O3/c1-23-11-18(24)21-10-17(23)14-4-8-16(9-5-14)22-19(25)26-12-13-2-6-15(20)7-3-13/h2-9,17H,10-12H2,1H3,(H,21,24)(H,22,25)/t17-/m1/s1. The second-order valence-electron chi connectivity index (χ2n) is 6.18. The molecule has 0 bridgehead atoms. The van der Waals surface area contributed by atoms with Gasteiger partial charge >= 0.3 is 6.09 Å². The zero-order chi connectivity index (χ0) is 18.5. The van der Waals surface area contributed by atoms with E-state index >= 15 is 0 Å². The summed E-state index contributed by atoms with van der Waals surface area (Å²) in [5, 5.41) is 5.50. The van der Waals surface area contributed by atoms with Crippen LogP contribution in [-0.2, 0) is 16.1 Å². The molecule has 2 N–H and O–H groups in total. The van der Waals surface area contributed by atoms with Crippen LogP contribution in [0.5, 0.6) is 0 Å². The molecule has 0 unspecified atom stereocenters. The molecule has 2 aromatic rings. The van der Waals surface area contributed by atoms with Crippen LogP contribution >= 0.6 is 0 Å². The maximum atomic E-state index is 12.8. The number of benzene rings is 2. The molecule has 2 amide bonds. The predicted molar refractivity (Wildman–Crippen MR) is 95.0 cm³/mol. The van der Waals surface area contributed by atoms with E-state index in [4.69, 9.17) is 4.74 Å². The van der Waals surface area contributed by atoms with Crippen molar-refractivity contribution in [1.82, 2.24) is 10.2 Å². The van der Waals surface area contributed by atoms with Gasteiger partial charge in [-0.3, -0.25) is 15.0 Å². The van der Waals surface area contributed by atoms with Gasteiger partial charge in [0, 0.05) is 12.2 Å². The highest BCUT2D eigenvalue weighted by atomic mass is 19.1. The highest BCUT2D eigenvalue weighted by Crippen LogP contribution is 2.22. The lowest BCUT2D eigenvalue weighted by molar-refractivity contribution is -0.125. The van der Waals surface area contributed by atoms with E-state index in [1.54, 1.807) is 24.3 Å². The summed E-state index contributed by atoms with van der Waals surface area (Å²) in [5.74, 6) is -0.313. The zero-order valence-electron chi connectivity index (χ0n) is 14.4. The average molecular weight is 357 g/mol. The fourth-order valence-corrected chi connectivity index (χ4v) is 2.80. The topological polar surface area (TPSA) is 70.7 Å². The van der Waals surface area contributed by atoms with Crippen LogP contribution in [0.2, 0.25) is 0 Å². The monoisotopic (exact) mass is 357 g/mol. The Balaban J connectivity index is 1.52. The van der Waals surface area contributed by atoms with Gasteiger partial charge in [-0.05, 0) is 42.4 Å². The number of carbonyl (C=O) groups is 2. The number of hydrogen-bond acceptors (Lipinski definition) is 4. The van der Waals surface area contributed by atoms with Crippen molar-refractivity contribution < 1.29 is 18.7 Å². The fourth-order valence-electron chi connectivity index (χ4n) is 2.80. The van der Waals surface area contributed by atoms with Gasteiger partial charge in [-0.2, -0.15) is 0 Å². The molecule has 0 aliphatic carbocycles. The summed E-state index contributed by atoms with van der Waals surface area (Å²) in [7, 11) is 1.91. The molecule has 1 fully saturated rings. The molecule has 1 aliphatic heterocycles. The minimum Gasteiger partial charge on any atom is -0.444 e. The number of carbonyl (C=O) groups excluding carboxylic acids is 2. The van der Waals surface area contributed by atoms with Gasteiger partial charge in [-0.25, -0.2) is 9.18 Å². The number of nitrogens with one attached hydrogen (secondary N) is 2. The Morgan fingerprint density at radius 2 is 1.92 bits per heavy atom. The first kappa shape index (κ1) is 17.9. The van der Waals surface area contributed by atoms with Crippen molar-refractivity contribution in [2.75, 3.05) is 25.5 Å². The Morgan fingerprint density at radius 3 is 2.58 bits per heavy atom. The van der Waals surface area contributed by atoms with Crippen LogP contribution in [0.25, 0.3) is 0 Å². The molecular weight excluding hydrogens is 337 g/mol. The van der Waals surface area contributed by atoms with E-state index in [2.05, 4.69) is 10.6 Å². The quantitative estimate of drug-likeness (QED) is 0.883. The Bertz CT molecular complexity index is 778. The number of ether oxygens (including phenoxy) is 1. The predicted octanol–water partition coefficient (Wildman–Crippen LogP) is 2.68. The number of anilines is 1. The van der Waals surface area contributed by atoms with Crippen molar-refractivity contribution in [3.63, 3.8) is 0 Å². The molecule has 0 saturated carbocycles. The first-order chi connectivity index (χ1) is 12.5. The largest absolute Gasteiger partial charge is 0.444 e. The minimum absolute atomic E-state index is 0.0194. The molecule has 2 aromatic carbocycles. The zero-order valence-corrected chi connectivity index (χ0v) is 14.4. The van der Waals surface area contributed by atoms with Gasteiger partial charge in [0.1, 0.15) is 12.4 Å². The molecule has 3 rings (SSSR count). The number of nitrogens with zero attached hydrogens (tertiary/aromatic N) is 1. The Labute approximate surface area is 150 Å². The SMILES string of the molecule is CN1CC(=O)NC[C@@H]1c1ccc(NC(=O)OCc2ccc(F)cc2)cc1. The van der Waals surface area contributed by atoms with Gasteiger partial charge in [0.05, 0.1) is 12.6 Å². The highest BCUT2D eigenvalue weighted by molar-refractivity contribution is 5.84. The lowest BCUT2D eigenvalue weighted by Crippen LogP contribution is -2.47. The summed E-state index contributed by atoms with van der Waals surface area (Å²) in [6, 6.07) is 13.3. The van der Waals surface area contributed by atoms with Gasteiger partial charge in [0.15, 0.2) is 0 Å². The van der Waals surface area contributed by atoms with E-state index in [-0.39, 0.29) is 24.4 Å². The van der Waals surface area contributed by atoms with E-state index in [0.717, 1.165) is 5.56 Å². The van der Waals surface area contributed by atoms with Crippen LogP contribution in [0.15, 0.2) is 48.5 Å². The Kier molecular flexibility index (Phi) is 5.48. The van der Waals surface area contributed by atoms with Crippen LogP contribution in [0.3, 0.4) is 0 Å². The first-order valence-electron chi connectivity index (χ1n) is 8.26. The maximum Gasteiger partial charge on any atom is 0.411 e. The van der Waals surface area contributed by atoms with E-state index in [0.29, 0.717) is 24.3 Å². The fraction of sp³-hybridized carbons (Fsp3) is 0.263. The number of amides is 2. The highest BCUT2D eigenvalue weighted by Gasteiger charge is 2.24. The second kappa shape index (κ2) is 7.97. The number of likely N-dealkylation sites (N-methyl/N-ethyl adjacent to an activating group) is 1. The number of piperazine rings is 1. The van der Waals surface area contributed by atoms with Crippen LogP contribution < -0.4 is 10.6 Å². The molecule has 1 aliphatic rings. The van der Waals surface area contributed by atoms with Crippen LogP contribution in [-0.4, -0.2) is 37.0 Å². The molecular formula is C19H20FN3O3. The van der Waals surface area contributed by atoms with Crippen molar-refractivity contribution in [3.8, 4) is 0 Å². The molecule has 1 saturated heterocycles. The summed E-state index contributed by atoms with van der Waals surface area (Å²) in [4.78, 5) is 25.2. The lowest BCUT2D eigenvalue weighted by Gasteiger charge is -2.32. The van der Waals surface area contributed by atoms with Gasteiger partial charge in [0.25, 0.3) is 0 Å². The maximum absolute atomic E-state index is 12.8. The van der Waals surface area contributed by atoms with E-state index in [1.165, 1.54) is 12.1 Å². The van der Waals surface area contributed by atoms with Crippen molar-refractivity contribution in [1.29, 1.82) is 0 Å². The summed E-state index contributed by atoms with van der Waals surface area (Å²) in [6.45, 7) is 0.985. The summed E-state index contributed by atoms with van der Waals surface area (Å²) in [6.07, 6.45) is -0.580. The van der Waals surface area contributed by atoms with Gasteiger partial charge in [-0.15, -0.1) is 0 Å². The molecule has 7 heteroatoms. The molecule has 0 spiro atoms. The lowest BCUT2D eigenvalue weighted by atomic mass is 10.0. The van der Waals surface area contributed by atoms with Gasteiger partial charge < -0.3 is 10.1 Å². The van der Waals surface area contributed by atoms with E-state index in [1.807, 2.05) is 24.1 Å². The summed E-state index contributed by atoms with van der Waals surface area (Å²) in [5.41, 5.74) is 2.37. The number of halogens is 1. The summed E-state index contributed by atoms with van der Waals surface area (Å²) < 4.78 is 18.0. The average Bonchev–Trinajstić information content (AvgIpc) is 2.62. The third kappa shape index (κ3) is 4.58. The molecule has 1 heterocycles. The molecule has 26 heavy (non-hydrogen) atoms. The third-order valence-corrected chi connectivity index (χ3v) is 4.24. The molecule has 0 aromatic heterocycles. The first-order valence-corrected chi connectivity index (χ1v) is 8.26. The molecule has 136 valence electrons. The number of hydrogen-bond donors (Lipinski definition) is 2. The third-order valence-electron chi connectivity index (χ3n) is 4.24.